The van der Waals surface area contributed by atoms with E-state index in [4.69, 9.17) is 15.3 Å². The van der Waals surface area contributed by atoms with Crippen LogP contribution in [-0.2, 0) is 27.2 Å². The monoisotopic (exact) mass is 293 g/mol. The van der Waals surface area contributed by atoms with Gasteiger partial charge in [0.05, 0.1) is 18.6 Å². The first-order chi connectivity index (χ1) is 10.2. The van der Waals surface area contributed by atoms with Gasteiger partial charge in [0.2, 0.25) is 5.91 Å². The quantitative estimate of drug-likeness (QED) is 0.441. The number of nitrogens with one attached hydrogen (secondary N) is 1. The maximum Gasteiger partial charge on any atom is 0.238 e. The Balaban J connectivity index is 2.05. The van der Waals surface area contributed by atoms with Crippen molar-refractivity contribution in [1.82, 2.24) is 10.3 Å². The fraction of sp³-hybridized carbons (Fsp3) is 0.533. The summed E-state index contributed by atoms with van der Waals surface area (Å²) < 4.78 is 10.9. The van der Waals surface area contributed by atoms with Gasteiger partial charge in [-0.2, -0.15) is 0 Å². The fourth-order valence-corrected chi connectivity index (χ4v) is 2.75. The number of nitrogens with zero attached hydrogens (tertiary/aromatic N) is 1. The number of nitrogens with two attached hydrogens (primary N) is 1. The van der Waals surface area contributed by atoms with Gasteiger partial charge < -0.3 is 9.47 Å². The Morgan fingerprint density at radius 2 is 1.81 bits per heavy atom. The molecule has 1 aliphatic heterocycles. The van der Waals surface area contributed by atoms with Crippen molar-refractivity contribution in [2.45, 2.75) is 25.2 Å². The molecular weight excluding hydrogens is 270 g/mol. The van der Waals surface area contributed by atoms with E-state index in [1.165, 1.54) is 0 Å². The first-order valence-corrected chi connectivity index (χ1v) is 7.02. The average molecular weight is 293 g/mol. The molecule has 1 saturated heterocycles. The van der Waals surface area contributed by atoms with E-state index in [1.807, 2.05) is 24.3 Å². The summed E-state index contributed by atoms with van der Waals surface area (Å²) in [6, 6.07) is 7.92. The van der Waals surface area contributed by atoms with E-state index < -0.39 is 0 Å². The molecule has 6 nitrogen and oxygen atoms in total. The summed E-state index contributed by atoms with van der Waals surface area (Å²) in [5.74, 6) is 4.98. The number of likely N-dealkylation sites (tertiary alicyclic amines) is 1. The maximum atomic E-state index is 11.5. The molecule has 1 aliphatic rings. The van der Waals surface area contributed by atoms with Gasteiger partial charge in [-0.15, -0.1) is 0 Å². The van der Waals surface area contributed by atoms with E-state index >= 15 is 0 Å². The van der Waals surface area contributed by atoms with Crippen molar-refractivity contribution < 1.29 is 14.3 Å². The number of amides is 1. The van der Waals surface area contributed by atoms with E-state index in [2.05, 4.69) is 10.3 Å². The van der Waals surface area contributed by atoms with Crippen molar-refractivity contribution in [1.29, 1.82) is 0 Å². The molecule has 2 unspecified atom stereocenters. The number of rotatable bonds is 6. The smallest absolute Gasteiger partial charge is 0.238 e. The Labute approximate surface area is 125 Å². The Bertz CT molecular complexity index is 469. The zero-order chi connectivity index (χ0) is 15.2. The van der Waals surface area contributed by atoms with Gasteiger partial charge in [0.15, 0.2) is 0 Å². The molecule has 1 aromatic carbocycles. The SMILES string of the molecule is COC1CN(Cc2ccccc2CC(=O)NN)CC1OC. The number of carbonyl (C=O) groups excluding carboxylic acids is 1. The van der Waals surface area contributed by atoms with E-state index in [-0.39, 0.29) is 18.1 Å². The first kappa shape index (κ1) is 15.9. The van der Waals surface area contributed by atoms with Crippen LogP contribution in [0.25, 0.3) is 0 Å². The van der Waals surface area contributed by atoms with Crippen LogP contribution >= 0.6 is 0 Å². The summed E-state index contributed by atoms with van der Waals surface area (Å²) in [7, 11) is 3.42. The summed E-state index contributed by atoms with van der Waals surface area (Å²) in [5.41, 5.74) is 4.30. The third-order valence-electron chi connectivity index (χ3n) is 3.92. The van der Waals surface area contributed by atoms with Gasteiger partial charge in [0, 0.05) is 33.9 Å². The molecule has 3 N–H and O–H groups in total. The highest BCUT2D eigenvalue weighted by Crippen LogP contribution is 2.20. The van der Waals surface area contributed by atoms with Gasteiger partial charge in [-0.1, -0.05) is 24.3 Å². The molecule has 2 rings (SSSR count). The zero-order valence-corrected chi connectivity index (χ0v) is 12.5. The Kier molecular flexibility index (Phi) is 5.69. The lowest BCUT2D eigenvalue weighted by molar-refractivity contribution is -0.120. The highest BCUT2D eigenvalue weighted by Gasteiger charge is 2.32. The Hall–Kier alpha value is -1.47. The number of hydrogen-bond donors (Lipinski definition) is 2. The van der Waals surface area contributed by atoms with Crippen LogP contribution in [0.3, 0.4) is 0 Å². The minimum absolute atomic E-state index is 0.0921. The van der Waals surface area contributed by atoms with E-state index in [9.17, 15) is 4.79 Å². The van der Waals surface area contributed by atoms with Crippen molar-refractivity contribution in [2.75, 3.05) is 27.3 Å². The number of hydrazine groups is 1. The Morgan fingerprint density at radius 3 is 2.33 bits per heavy atom. The predicted molar refractivity (Wildman–Crippen MR) is 79.3 cm³/mol. The summed E-state index contributed by atoms with van der Waals surface area (Å²) in [6.07, 6.45) is 0.478. The minimum Gasteiger partial charge on any atom is -0.377 e. The van der Waals surface area contributed by atoms with Crippen molar-refractivity contribution >= 4 is 5.91 Å². The third-order valence-corrected chi connectivity index (χ3v) is 3.92. The summed E-state index contributed by atoms with van der Waals surface area (Å²) in [5, 5.41) is 0. The highest BCUT2D eigenvalue weighted by molar-refractivity contribution is 5.78. The molecule has 1 amide bonds. The molecule has 6 heteroatoms. The summed E-state index contributed by atoms with van der Waals surface area (Å²) >= 11 is 0. The second-order valence-corrected chi connectivity index (χ2v) is 5.26. The third kappa shape index (κ3) is 4.01. The number of carbonyl (C=O) groups is 1. The standard InChI is InChI=1S/C15H23N3O3/c1-20-13-9-18(10-14(13)21-2)8-12-6-4-3-5-11(12)7-15(19)17-16/h3-6,13-14H,7-10,16H2,1-2H3,(H,17,19). The fourth-order valence-electron chi connectivity index (χ4n) is 2.75. The summed E-state index contributed by atoms with van der Waals surface area (Å²) in [6.45, 7) is 2.42. The lowest BCUT2D eigenvalue weighted by Gasteiger charge is -2.17. The second kappa shape index (κ2) is 7.51. The lowest BCUT2D eigenvalue weighted by atomic mass is 10.0. The zero-order valence-electron chi connectivity index (χ0n) is 12.5. The summed E-state index contributed by atoms with van der Waals surface area (Å²) in [4.78, 5) is 13.8. The van der Waals surface area contributed by atoms with Gasteiger partial charge in [-0.25, -0.2) is 5.84 Å². The molecule has 2 atom stereocenters. The van der Waals surface area contributed by atoms with Crippen molar-refractivity contribution in [3.8, 4) is 0 Å². The number of ether oxygens (including phenoxy) is 2. The molecular formula is C15H23N3O3. The van der Waals surface area contributed by atoms with Crippen LogP contribution < -0.4 is 11.3 Å². The predicted octanol–water partition coefficient (Wildman–Crippen LogP) is 0.0646. The number of methoxy groups -OCH3 is 2. The van der Waals surface area contributed by atoms with Crippen molar-refractivity contribution in [2.24, 2.45) is 5.84 Å². The minimum atomic E-state index is -0.187. The van der Waals surface area contributed by atoms with E-state index in [0.29, 0.717) is 6.42 Å². The molecule has 0 radical (unpaired) electrons. The number of benzene rings is 1. The van der Waals surface area contributed by atoms with Crippen LogP contribution in [0.5, 0.6) is 0 Å². The van der Waals surface area contributed by atoms with Gasteiger partial charge in [-0.3, -0.25) is 15.1 Å². The van der Waals surface area contributed by atoms with E-state index in [1.54, 1.807) is 14.2 Å². The highest BCUT2D eigenvalue weighted by atomic mass is 16.5. The molecule has 0 saturated carbocycles. The van der Waals surface area contributed by atoms with Crippen LogP contribution in [0.15, 0.2) is 24.3 Å². The van der Waals surface area contributed by atoms with Gasteiger partial charge in [-0.05, 0) is 11.1 Å². The molecule has 0 aromatic heterocycles. The van der Waals surface area contributed by atoms with Crippen LogP contribution in [0, 0.1) is 0 Å². The van der Waals surface area contributed by atoms with Crippen LogP contribution in [0.4, 0.5) is 0 Å². The largest absolute Gasteiger partial charge is 0.377 e. The topological polar surface area (TPSA) is 76.8 Å². The molecule has 0 aliphatic carbocycles. The normalized spacial score (nSPS) is 22.4. The molecule has 116 valence electrons. The van der Waals surface area contributed by atoms with Crippen molar-refractivity contribution in [3.05, 3.63) is 35.4 Å². The van der Waals surface area contributed by atoms with Crippen molar-refractivity contribution in [3.63, 3.8) is 0 Å². The van der Waals surface area contributed by atoms with Gasteiger partial charge >= 0.3 is 0 Å². The molecule has 0 bridgehead atoms. The average Bonchev–Trinajstić information content (AvgIpc) is 2.91. The molecule has 1 heterocycles. The van der Waals surface area contributed by atoms with Crippen LogP contribution in [0.2, 0.25) is 0 Å². The van der Waals surface area contributed by atoms with Crippen LogP contribution in [-0.4, -0.2) is 50.3 Å². The molecule has 1 aromatic rings. The second-order valence-electron chi connectivity index (χ2n) is 5.26. The molecule has 0 spiro atoms. The number of hydrogen-bond acceptors (Lipinski definition) is 5. The maximum absolute atomic E-state index is 11.5. The molecule has 1 fully saturated rings. The lowest BCUT2D eigenvalue weighted by Crippen LogP contribution is -2.32. The van der Waals surface area contributed by atoms with Gasteiger partial charge in [0.1, 0.15) is 0 Å². The van der Waals surface area contributed by atoms with E-state index in [0.717, 1.165) is 30.8 Å². The Morgan fingerprint density at radius 1 is 1.24 bits per heavy atom. The van der Waals surface area contributed by atoms with Crippen LogP contribution in [0.1, 0.15) is 11.1 Å². The first-order valence-electron chi connectivity index (χ1n) is 7.02. The van der Waals surface area contributed by atoms with Gasteiger partial charge in [0.25, 0.3) is 0 Å². The molecule has 21 heavy (non-hydrogen) atoms.